The number of carbonyl (C=O) groups excluding carboxylic acids is 2. The maximum Gasteiger partial charge on any atom is 0.328 e. The van der Waals surface area contributed by atoms with Gasteiger partial charge in [-0.05, 0) is 55.7 Å². The number of hydrogen-bond donors (Lipinski definition) is 1. The van der Waals surface area contributed by atoms with E-state index in [2.05, 4.69) is 5.32 Å². The summed E-state index contributed by atoms with van der Waals surface area (Å²) in [5.74, 6) is -0.814. The Morgan fingerprint density at radius 2 is 1.94 bits per heavy atom. The molecule has 33 heavy (non-hydrogen) atoms. The first-order valence-electron chi connectivity index (χ1n) is 10.7. The number of benzene rings is 2. The van der Waals surface area contributed by atoms with Gasteiger partial charge in [-0.25, -0.2) is 9.78 Å². The molecule has 0 radical (unpaired) electrons. The number of nitrogens with one attached hydrogen (secondary N) is 1. The molecular weight excluding hydrogens is 463 g/mol. The van der Waals surface area contributed by atoms with E-state index >= 15 is 0 Å². The molecule has 1 N–H and O–H groups in total. The maximum atomic E-state index is 12.8. The number of halogens is 2. The van der Waals surface area contributed by atoms with Crippen LogP contribution in [0.15, 0.2) is 48.5 Å². The number of amides is 1. The fourth-order valence-corrected chi connectivity index (χ4v) is 4.62. The molecule has 3 aromatic rings. The Hall–Kier alpha value is -2.67. The van der Waals surface area contributed by atoms with Crippen molar-refractivity contribution in [1.82, 2.24) is 10.3 Å². The third-order valence-electron chi connectivity index (χ3n) is 5.90. The minimum Gasteiger partial charge on any atom is -0.467 e. The summed E-state index contributed by atoms with van der Waals surface area (Å²) in [6.45, 7) is 2.28. The minimum absolute atomic E-state index is 0.280. The van der Waals surface area contributed by atoms with Gasteiger partial charge >= 0.3 is 5.97 Å². The number of nitrogens with zero attached hydrogens (tertiary/aromatic N) is 1. The normalized spacial score (nSPS) is 18.8. The topological polar surface area (TPSA) is 77.5 Å². The Bertz CT molecular complexity index is 1190. The zero-order chi connectivity index (χ0) is 23.6. The van der Waals surface area contributed by atoms with Crippen LogP contribution in [0.2, 0.25) is 10.0 Å². The summed E-state index contributed by atoms with van der Waals surface area (Å²) in [5, 5.41) is 4.76. The zero-order valence-corrected chi connectivity index (χ0v) is 19.9. The molecule has 1 fully saturated rings. The molecule has 4 rings (SSSR count). The predicted octanol–water partition coefficient (Wildman–Crippen LogP) is 4.98. The van der Waals surface area contributed by atoms with Crippen molar-refractivity contribution in [3.63, 3.8) is 0 Å². The number of esters is 1. The highest BCUT2D eigenvalue weighted by Gasteiger charge is 2.39. The van der Waals surface area contributed by atoms with Crippen LogP contribution in [0.4, 0.5) is 0 Å². The van der Waals surface area contributed by atoms with Crippen LogP contribution in [0.3, 0.4) is 0 Å². The molecule has 0 spiro atoms. The summed E-state index contributed by atoms with van der Waals surface area (Å²) in [5.41, 5.74) is 2.06. The van der Waals surface area contributed by atoms with E-state index in [9.17, 15) is 9.59 Å². The molecule has 0 bridgehead atoms. The van der Waals surface area contributed by atoms with E-state index in [4.69, 9.17) is 37.7 Å². The molecule has 2 heterocycles. The Labute approximate surface area is 202 Å². The number of rotatable bonds is 6. The molecule has 1 saturated heterocycles. The molecule has 2 aromatic carbocycles. The highest BCUT2D eigenvalue weighted by atomic mass is 35.5. The van der Waals surface area contributed by atoms with Crippen LogP contribution in [0.5, 0.6) is 0 Å². The summed E-state index contributed by atoms with van der Waals surface area (Å²) >= 11 is 12.7. The van der Waals surface area contributed by atoms with E-state index in [1.807, 2.05) is 30.3 Å². The molecular formula is C25H24Cl2N2O4. The summed E-state index contributed by atoms with van der Waals surface area (Å²) in [6, 6.07) is 14.0. The molecule has 2 atom stereocenters. The second-order valence-corrected chi connectivity index (χ2v) is 9.07. The average Bonchev–Trinajstić information content (AvgIpc) is 3.25. The molecule has 172 valence electrons. The van der Waals surface area contributed by atoms with Gasteiger partial charge in [0.25, 0.3) is 5.91 Å². The largest absolute Gasteiger partial charge is 0.467 e. The maximum absolute atomic E-state index is 12.8. The molecule has 1 aromatic heterocycles. The number of fused-ring (bicyclic) bond motifs is 1. The number of aromatic nitrogens is 1. The minimum atomic E-state index is -0.921. The van der Waals surface area contributed by atoms with Crippen LogP contribution >= 0.6 is 23.2 Å². The van der Waals surface area contributed by atoms with Gasteiger partial charge in [0, 0.05) is 24.0 Å². The number of hydrogen-bond acceptors (Lipinski definition) is 5. The first-order chi connectivity index (χ1) is 15.8. The van der Waals surface area contributed by atoms with E-state index in [1.165, 1.54) is 7.11 Å². The van der Waals surface area contributed by atoms with Crippen LogP contribution in [-0.2, 0) is 25.5 Å². The van der Waals surface area contributed by atoms with Crippen molar-refractivity contribution >= 4 is 46.0 Å². The number of pyridine rings is 1. The van der Waals surface area contributed by atoms with Crippen molar-refractivity contribution in [3.05, 3.63) is 64.1 Å². The van der Waals surface area contributed by atoms with Gasteiger partial charge in [0.2, 0.25) is 0 Å². The van der Waals surface area contributed by atoms with Crippen molar-refractivity contribution in [3.8, 4) is 11.3 Å². The standard InChI is InChI=1S/C25H24Cl2N2O4/c1-25(11-4-12-33-25)24(31)29-21(23(30)32-2)14-15-7-9-19-16(13-15)8-10-20(28-19)22-17(26)5-3-6-18(22)27/h3,5-10,13,21H,4,11-12,14H2,1-2H3,(H,29,31)/t21-,25+/m0/s1. The fourth-order valence-electron chi connectivity index (χ4n) is 4.02. The van der Waals surface area contributed by atoms with E-state index in [0.29, 0.717) is 34.3 Å². The van der Waals surface area contributed by atoms with Gasteiger partial charge in [0.1, 0.15) is 11.6 Å². The van der Waals surface area contributed by atoms with Crippen molar-refractivity contribution < 1.29 is 19.1 Å². The fraction of sp³-hybridized carbons (Fsp3) is 0.320. The third-order valence-corrected chi connectivity index (χ3v) is 6.53. The molecule has 0 aliphatic carbocycles. The lowest BCUT2D eigenvalue weighted by Gasteiger charge is -2.25. The SMILES string of the molecule is COC(=O)[C@H](Cc1ccc2nc(-c3c(Cl)cccc3Cl)ccc2c1)NC(=O)[C@@]1(C)CCCO1. The lowest BCUT2D eigenvalue weighted by molar-refractivity contribution is -0.149. The van der Waals surface area contributed by atoms with Crippen LogP contribution in [-0.4, -0.2) is 42.2 Å². The molecule has 8 heteroatoms. The van der Waals surface area contributed by atoms with Gasteiger partial charge in [-0.1, -0.05) is 41.4 Å². The molecule has 6 nitrogen and oxygen atoms in total. The second-order valence-electron chi connectivity index (χ2n) is 8.26. The third kappa shape index (κ3) is 4.98. The average molecular weight is 487 g/mol. The van der Waals surface area contributed by atoms with E-state index in [1.54, 1.807) is 25.1 Å². The van der Waals surface area contributed by atoms with Crippen LogP contribution < -0.4 is 5.32 Å². The van der Waals surface area contributed by atoms with Gasteiger partial charge in [0.05, 0.1) is 28.4 Å². The van der Waals surface area contributed by atoms with Gasteiger partial charge in [-0.15, -0.1) is 0 Å². The van der Waals surface area contributed by atoms with Crippen molar-refractivity contribution in [1.29, 1.82) is 0 Å². The van der Waals surface area contributed by atoms with Gasteiger partial charge in [0.15, 0.2) is 0 Å². The second kappa shape index (κ2) is 9.67. The summed E-state index contributed by atoms with van der Waals surface area (Å²) in [7, 11) is 1.31. The zero-order valence-electron chi connectivity index (χ0n) is 18.4. The van der Waals surface area contributed by atoms with Crippen molar-refractivity contribution in [2.24, 2.45) is 0 Å². The Kier molecular flexibility index (Phi) is 6.88. The molecule has 0 unspecified atom stereocenters. The number of ether oxygens (including phenoxy) is 2. The number of methoxy groups -OCH3 is 1. The van der Waals surface area contributed by atoms with Crippen molar-refractivity contribution in [2.75, 3.05) is 13.7 Å². The van der Waals surface area contributed by atoms with Crippen molar-refractivity contribution in [2.45, 2.75) is 37.8 Å². The predicted molar refractivity (Wildman–Crippen MR) is 128 cm³/mol. The Morgan fingerprint density at radius 3 is 2.61 bits per heavy atom. The quantitative estimate of drug-likeness (QED) is 0.497. The Morgan fingerprint density at radius 1 is 1.18 bits per heavy atom. The molecule has 1 aliphatic heterocycles. The van der Waals surface area contributed by atoms with Crippen LogP contribution in [0.25, 0.3) is 22.2 Å². The highest BCUT2D eigenvalue weighted by Crippen LogP contribution is 2.34. The summed E-state index contributed by atoms with van der Waals surface area (Å²) in [6.07, 6.45) is 1.71. The first kappa shape index (κ1) is 23.5. The lowest BCUT2D eigenvalue weighted by atomic mass is 9.99. The summed E-state index contributed by atoms with van der Waals surface area (Å²) < 4.78 is 10.5. The van der Waals surface area contributed by atoms with Gasteiger partial charge in [-0.2, -0.15) is 0 Å². The first-order valence-corrected chi connectivity index (χ1v) is 11.4. The highest BCUT2D eigenvalue weighted by molar-refractivity contribution is 6.39. The van der Waals surface area contributed by atoms with Gasteiger partial charge in [-0.3, -0.25) is 4.79 Å². The smallest absolute Gasteiger partial charge is 0.328 e. The summed E-state index contributed by atoms with van der Waals surface area (Å²) in [4.78, 5) is 29.8. The van der Waals surface area contributed by atoms with Crippen LogP contribution in [0, 0.1) is 0 Å². The van der Waals surface area contributed by atoms with E-state index in [-0.39, 0.29) is 12.3 Å². The van der Waals surface area contributed by atoms with E-state index in [0.717, 1.165) is 22.9 Å². The molecule has 1 amide bonds. The monoisotopic (exact) mass is 486 g/mol. The molecule has 0 saturated carbocycles. The van der Waals surface area contributed by atoms with E-state index < -0.39 is 17.6 Å². The number of carbonyl (C=O) groups is 2. The Balaban J connectivity index is 1.58. The molecule has 1 aliphatic rings. The van der Waals surface area contributed by atoms with Crippen LogP contribution in [0.1, 0.15) is 25.3 Å². The lowest BCUT2D eigenvalue weighted by Crippen LogP contribution is -2.51. The van der Waals surface area contributed by atoms with Gasteiger partial charge < -0.3 is 14.8 Å².